The molecule has 1 unspecified atom stereocenters. The van der Waals surface area contributed by atoms with Gasteiger partial charge in [-0.15, -0.1) is 0 Å². The van der Waals surface area contributed by atoms with Gasteiger partial charge in [-0.1, -0.05) is 24.3 Å². The Morgan fingerprint density at radius 3 is 2.44 bits per heavy atom. The van der Waals surface area contributed by atoms with Gasteiger partial charge in [0.25, 0.3) is 0 Å². The van der Waals surface area contributed by atoms with E-state index in [-0.39, 0.29) is 18.5 Å². The van der Waals surface area contributed by atoms with Crippen LogP contribution in [0.4, 0.5) is 4.79 Å². The van der Waals surface area contributed by atoms with E-state index < -0.39 is 5.97 Å². The lowest BCUT2D eigenvalue weighted by Crippen LogP contribution is -2.49. The maximum Gasteiger partial charge on any atom is 0.318 e. The lowest BCUT2D eigenvalue weighted by molar-refractivity contribution is -0.136. The first-order valence-electron chi connectivity index (χ1n) is 10.1. The van der Waals surface area contributed by atoms with Crippen LogP contribution in [0.1, 0.15) is 49.3 Å². The summed E-state index contributed by atoms with van der Waals surface area (Å²) in [5.74, 6) is -0.774. The highest BCUT2D eigenvalue weighted by molar-refractivity contribution is 5.77. The summed E-state index contributed by atoms with van der Waals surface area (Å²) in [6.07, 6.45) is 5.60. The van der Waals surface area contributed by atoms with Gasteiger partial charge >= 0.3 is 12.0 Å². The van der Waals surface area contributed by atoms with Crippen molar-refractivity contribution in [2.24, 2.45) is 5.41 Å². The number of aryl methyl sites for hydroxylation is 1. The van der Waals surface area contributed by atoms with Crippen molar-refractivity contribution in [1.29, 1.82) is 0 Å². The van der Waals surface area contributed by atoms with E-state index in [1.807, 2.05) is 29.2 Å². The molecular formula is C21H29N3O3. The molecule has 0 saturated carbocycles. The molecule has 0 aliphatic carbocycles. The van der Waals surface area contributed by atoms with Gasteiger partial charge in [-0.05, 0) is 68.3 Å². The molecule has 0 spiro atoms. The minimum absolute atomic E-state index is 0.0413. The van der Waals surface area contributed by atoms with Crippen LogP contribution in [0.25, 0.3) is 0 Å². The third kappa shape index (κ3) is 3.95. The Bertz CT molecular complexity index is 681. The number of nitrogens with zero attached hydrogens (tertiary/aromatic N) is 2. The molecule has 1 aromatic carbocycles. The van der Waals surface area contributed by atoms with Gasteiger partial charge in [-0.3, -0.25) is 4.79 Å². The van der Waals surface area contributed by atoms with E-state index in [2.05, 4.69) is 10.2 Å². The fourth-order valence-corrected chi connectivity index (χ4v) is 4.88. The zero-order chi connectivity index (χ0) is 18.9. The summed E-state index contributed by atoms with van der Waals surface area (Å²) in [6, 6.07) is 8.20. The number of carboxylic acids is 1. The maximum atomic E-state index is 12.4. The molecule has 2 amide bonds. The fourth-order valence-electron chi connectivity index (χ4n) is 4.88. The smallest absolute Gasteiger partial charge is 0.318 e. The molecule has 146 valence electrons. The first kappa shape index (κ1) is 18.3. The second kappa shape index (κ2) is 7.50. The van der Waals surface area contributed by atoms with Crippen LogP contribution < -0.4 is 5.32 Å². The minimum atomic E-state index is -0.774. The molecule has 4 saturated heterocycles. The summed E-state index contributed by atoms with van der Waals surface area (Å²) in [6.45, 7) is 5.11. The molecule has 4 aliphatic heterocycles. The topological polar surface area (TPSA) is 72.9 Å². The lowest BCUT2D eigenvalue weighted by Gasteiger charge is -2.49. The lowest BCUT2D eigenvalue weighted by atomic mass is 9.70. The van der Waals surface area contributed by atoms with Crippen molar-refractivity contribution < 1.29 is 14.7 Å². The highest BCUT2D eigenvalue weighted by Crippen LogP contribution is 2.43. The van der Waals surface area contributed by atoms with E-state index in [4.69, 9.17) is 5.11 Å². The summed E-state index contributed by atoms with van der Waals surface area (Å²) in [5.41, 5.74) is 2.59. The number of benzene rings is 1. The molecule has 4 fully saturated rings. The molecule has 4 heterocycles. The van der Waals surface area contributed by atoms with E-state index in [1.54, 1.807) is 0 Å². The summed E-state index contributed by atoms with van der Waals surface area (Å²) < 4.78 is 0. The second-order valence-corrected chi connectivity index (χ2v) is 8.37. The zero-order valence-electron chi connectivity index (χ0n) is 15.8. The van der Waals surface area contributed by atoms with Crippen molar-refractivity contribution in [2.45, 2.75) is 44.6 Å². The van der Waals surface area contributed by atoms with Crippen LogP contribution in [0.3, 0.4) is 0 Å². The highest BCUT2D eigenvalue weighted by atomic mass is 16.4. The van der Waals surface area contributed by atoms with Crippen molar-refractivity contribution in [3.8, 4) is 0 Å². The number of hydrogen-bond acceptors (Lipinski definition) is 3. The molecule has 5 rings (SSSR count). The van der Waals surface area contributed by atoms with Gasteiger partial charge in [-0.25, -0.2) is 4.79 Å². The van der Waals surface area contributed by atoms with Gasteiger partial charge in [-0.2, -0.15) is 0 Å². The Hall–Kier alpha value is -2.08. The normalized spacial score (nSPS) is 29.8. The van der Waals surface area contributed by atoms with Crippen molar-refractivity contribution >= 4 is 12.0 Å². The maximum absolute atomic E-state index is 12.4. The molecule has 27 heavy (non-hydrogen) atoms. The molecule has 1 aromatic rings. The second-order valence-electron chi connectivity index (χ2n) is 8.37. The van der Waals surface area contributed by atoms with Crippen LogP contribution in [0, 0.1) is 5.41 Å². The minimum Gasteiger partial charge on any atom is -0.481 e. The molecular weight excluding hydrogens is 342 g/mol. The van der Waals surface area contributed by atoms with Crippen molar-refractivity contribution in [1.82, 2.24) is 15.1 Å². The van der Waals surface area contributed by atoms with Gasteiger partial charge in [0.2, 0.25) is 0 Å². The molecule has 6 nitrogen and oxygen atoms in total. The quantitative estimate of drug-likeness (QED) is 0.773. The molecule has 2 N–H and O–H groups in total. The van der Waals surface area contributed by atoms with Gasteiger partial charge in [0, 0.05) is 19.5 Å². The molecule has 6 heteroatoms. The number of piperidine rings is 3. The number of carbonyl (C=O) groups is 2. The number of amides is 2. The molecule has 0 radical (unpaired) electrons. The van der Waals surface area contributed by atoms with Crippen LogP contribution in [0.15, 0.2) is 24.3 Å². The largest absolute Gasteiger partial charge is 0.481 e. The molecule has 0 aromatic heterocycles. The number of aliphatic carboxylic acids is 1. The Balaban J connectivity index is 1.39. The van der Waals surface area contributed by atoms with Crippen molar-refractivity contribution in [3.05, 3.63) is 35.4 Å². The average Bonchev–Trinajstić information content (AvgIpc) is 3.07. The van der Waals surface area contributed by atoms with Crippen LogP contribution >= 0.6 is 0 Å². The number of carbonyl (C=O) groups excluding carboxylic acids is 1. The predicted molar refractivity (Wildman–Crippen MR) is 103 cm³/mol. The Morgan fingerprint density at radius 2 is 1.81 bits per heavy atom. The predicted octanol–water partition coefficient (Wildman–Crippen LogP) is 2.65. The standard InChI is InChI=1S/C21H29N3O3/c25-19(26)6-3-16-1-4-17(5-2-16)18-15-22-20(27)24(18)14-10-21-7-11-23(12-8-21)13-9-21/h1-2,4-5,18H,3,6-15H2,(H,22,27)(H,25,26). The van der Waals surface area contributed by atoms with Gasteiger partial charge in [0.1, 0.15) is 0 Å². The number of nitrogens with one attached hydrogen (secondary N) is 1. The Labute approximate surface area is 160 Å². The van der Waals surface area contributed by atoms with Crippen molar-refractivity contribution in [2.75, 3.05) is 32.7 Å². The summed E-state index contributed by atoms with van der Waals surface area (Å²) in [7, 11) is 0. The van der Waals surface area contributed by atoms with Crippen LogP contribution in [0.5, 0.6) is 0 Å². The van der Waals surface area contributed by atoms with Crippen LogP contribution in [0.2, 0.25) is 0 Å². The SMILES string of the molecule is O=C(O)CCc1ccc(C2CNC(=O)N2CCC23CCN(CC2)CC3)cc1. The number of carboxylic acid groups (broad SMARTS) is 1. The number of hydrogen-bond donors (Lipinski definition) is 2. The zero-order valence-corrected chi connectivity index (χ0v) is 15.8. The van der Waals surface area contributed by atoms with E-state index in [0.29, 0.717) is 18.4 Å². The molecule has 2 bridgehead atoms. The van der Waals surface area contributed by atoms with E-state index in [9.17, 15) is 9.59 Å². The number of urea groups is 1. The van der Waals surface area contributed by atoms with Gasteiger partial charge in [0.05, 0.1) is 6.04 Å². The third-order valence-electron chi connectivity index (χ3n) is 6.83. The summed E-state index contributed by atoms with van der Waals surface area (Å²) in [4.78, 5) is 27.7. The Kier molecular flexibility index (Phi) is 5.08. The van der Waals surface area contributed by atoms with E-state index >= 15 is 0 Å². The third-order valence-corrected chi connectivity index (χ3v) is 6.83. The number of fused-ring (bicyclic) bond motifs is 3. The van der Waals surface area contributed by atoms with Crippen LogP contribution in [-0.2, 0) is 11.2 Å². The fraction of sp³-hybridized carbons (Fsp3) is 0.619. The first-order valence-corrected chi connectivity index (χ1v) is 10.1. The first-order chi connectivity index (χ1) is 13.0. The van der Waals surface area contributed by atoms with Gasteiger partial charge < -0.3 is 20.2 Å². The number of rotatable bonds is 7. The summed E-state index contributed by atoms with van der Waals surface area (Å²) >= 11 is 0. The molecule has 1 atom stereocenters. The molecule has 4 aliphatic rings. The highest BCUT2D eigenvalue weighted by Gasteiger charge is 2.41. The van der Waals surface area contributed by atoms with Crippen molar-refractivity contribution in [3.63, 3.8) is 0 Å². The average molecular weight is 371 g/mol. The van der Waals surface area contributed by atoms with Crippen LogP contribution in [-0.4, -0.2) is 59.6 Å². The summed E-state index contributed by atoms with van der Waals surface area (Å²) in [5, 5.41) is 11.8. The van der Waals surface area contributed by atoms with E-state index in [0.717, 1.165) is 24.1 Å². The monoisotopic (exact) mass is 371 g/mol. The van der Waals surface area contributed by atoms with E-state index in [1.165, 1.54) is 38.9 Å². The van der Waals surface area contributed by atoms with Gasteiger partial charge in [0.15, 0.2) is 0 Å². The Morgan fingerprint density at radius 1 is 1.15 bits per heavy atom.